The summed E-state index contributed by atoms with van der Waals surface area (Å²) in [5, 5.41) is 21.3. The first-order valence-corrected chi connectivity index (χ1v) is 6.07. The van der Waals surface area contributed by atoms with Crippen LogP contribution in [0.4, 0.5) is 0 Å². The lowest BCUT2D eigenvalue weighted by Crippen LogP contribution is -2.09. The van der Waals surface area contributed by atoms with Crippen LogP contribution in [0.3, 0.4) is 0 Å². The van der Waals surface area contributed by atoms with Gasteiger partial charge in [-0.1, -0.05) is 28.1 Å². The van der Waals surface area contributed by atoms with Gasteiger partial charge < -0.3 is 5.11 Å². The van der Waals surface area contributed by atoms with Gasteiger partial charge in [-0.25, -0.2) is 0 Å². The van der Waals surface area contributed by atoms with Crippen LogP contribution in [-0.4, -0.2) is 31.9 Å². The van der Waals surface area contributed by atoms with E-state index in [0.29, 0.717) is 12.2 Å². The quantitative estimate of drug-likeness (QED) is 0.923. The van der Waals surface area contributed by atoms with Crippen molar-refractivity contribution >= 4 is 15.9 Å². The molecule has 0 bridgehead atoms. The zero-order valence-electron chi connectivity index (χ0n) is 9.41. The van der Waals surface area contributed by atoms with Gasteiger partial charge in [0.15, 0.2) is 5.82 Å². The Morgan fingerprint density at radius 1 is 1.47 bits per heavy atom. The second-order valence-corrected chi connectivity index (χ2v) is 4.75. The SMILES string of the molecule is Cn1nnc(CC(CO)c2cccc(Br)c2)n1. The molecule has 0 aliphatic rings. The lowest BCUT2D eigenvalue weighted by atomic mass is 9.96. The summed E-state index contributed by atoms with van der Waals surface area (Å²) in [7, 11) is 1.73. The molecule has 2 rings (SSSR count). The number of aryl methyl sites for hydroxylation is 1. The van der Waals surface area contributed by atoms with Crippen molar-refractivity contribution in [3.63, 3.8) is 0 Å². The van der Waals surface area contributed by atoms with E-state index in [-0.39, 0.29) is 12.5 Å². The molecular formula is C11H13BrN4O. The number of tetrazole rings is 1. The van der Waals surface area contributed by atoms with E-state index in [0.717, 1.165) is 10.0 Å². The molecule has 1 N–H and O–H groups in total. The van der Waals surface area contributed by atoms with Gasteiger partial charge >= 0.3 is 0 Å². The molecule has 1 atom stereocenters. The van der Waals surface area contributed by atoms with Gasteiger partial charge in [0.05, 0.1) is 13.7 Å². The molecule has 2 aromatic rings. The number of rotatable bonds is 4. The molecule has 1 aromatic heterocycles. The van der Waals surface area contributed by atoms with E-state index >= 15 is 0 Å². The molecule has 5 nitrogen and oxygen atoms in total. The van der Waals surface area contributed by atoms with Gasteiger partial charge in [-0.2, -0.15) is 4.80 Å². The lowest BCUT2D eigenvalue weighted by molar-refractivity contribution is 0.263. The third kappa shape index (κ3) is 3.10. The summed E-state index contributed by atoms with van der Waals surface area (Å²) in [6.45, 7) is 0.0642. The Bertz CT molecular complexity index is 500. The minimum atomic E-state index is -0.00306. The summed E-state index contributed by atoms with van der Waals surface area (Å²) in [6.07, 6.45) is 0.584. The topological polar surface area (TPSA) is 63.8 Å². The van der Waals surface area contributed by atoms with E-state index < -0.39 is 0 Å². The van der Waals surface area contributed by atoms with E-state index in [2.05, 4.69) is 31.3 Å². The molecule has 0 fully saturated rings. The monoisotopic (exact) mass is 296 g/mol. The zero-order valence-corrected chi connectivity index (χ0v) is 11.0. The Labute approximate surface area is 108 Å². The fraction of sp³-hybridized carbons (Fsp3) is 0.364. The number of aromatic nitrogens is 4. The molecule has 0 radical (unpaired) electrons. The highest BCUT2D eigenvalue weighted by molar-refractivity contribution is 9.10. The third-order valence-electron chi connectivity index (χ3n) is 2.52. The first-order valence-electron chi connectivity index (χ1n) is 5.28. The Balaban J connectivity index is 2.16. The number of hydrogen-bond donors (Lipinski definition) is 1. The highest BCUT2D eigenvalue weighted by Crippen LogP contribution is 2.22. The summed E-state index contributed by atoms with van der Waals surface area (Å²) in [6, 6.07) is 7.89. The third-order valence-corrected chi connectivity index (χ3v) is 3.01. The van der Waals surface area contributed by atoms with Crippen molar-refractivity contribution in [1.82, 2.24) is 20.2 Å². The summed E-state index contributed by atoms with van der Waals surface area (Å²) >= 11 is 3.42. The standard InChI is InChI=1S/C11H13BrN4O/c1-16-14-11(13-15-16)6-9(7-17)8-3-2-4-10(12)5-8/h2-5,9,17H,6-7H2,1H3. The summed E-state index contributed by atoms with van der Waals surface area (Å²) in [5.41, 5.74) is 1.06. The highest BCUT2D eigenvalue weighted by Gasteiger charge is 2.14. The Kier molecular flexibility index (Phi) is 3.86. The predicted molar refractivity (Wildman–Crippen MR) is 66.5 cm³/mol. The van der Waals surface area contributed by atoms with Crippen LogP contribution in [0.5, 0.6) is 0 Å². The lowest BCUT2D eigenvalue weighted by Gasteiger charge is -2.12. The predicted octanol–water partition coefficient (Wildman–Crippen LogP) is 1.29. The van der Waals surface area contributed by atoms with Crippen LogP contribution in [0, 0.1) is 0 Å². The van der Waals surface area contributed by atoms with Gasteiger partial charge in [-0.15, -0.1) is 10.2 Å². The van der Waals surface area contributed by atoms with E-state index in [4.69, 9.17) is 0 Å². The fourth-order valence-corrected chi connectivity index (χ4v) is 2.09. The summed E-state index contributed by atoms with van der Waals surface area (Å²) < 4.78 is 1.00. The molecule has 0 saturated carbocycles. The maximum Gasteiger partial charge on any atom is 0.175 e. The van der Waals surface area contributed by atoms with Gasteiger partial charge in [0.2, 0.25) is 0 Å². The molecular weight excluding hydrogens is 284 g/mol. The largest absolute Gasteiger partial charge is 0.396 e. The minimum Gasteiger partial charge on any atom is -0.396 e. The average molecular weight is 297 g/mol. The molecule has 0 saturated heterocycles. The van der Waals surface area contributed by atoms with Gasteiger partial charge in [0, 0.05) is 16.8 Å². The molecule has 6 heteroatoms. The van der Waals surface area contributed by atoms with Crippen LogP contribution >= 0.6 is 15.9 Å². The molecule has 1 unspecified atom stereocenters. The first-order chi connectivity index (χ1) is 8.19. The molecule has 1 aromatic carbocycles. The maximum absolute atomic E-state index is 9.44. The van der Waals surface area contributed by atoms with Crippen molar-refractivity contribution in [1.29, 1.82) is 0 Å². The number of aliphatic hydroxyl groups excluding tert-OH is 1. The molecule has 90 valence electrons. The van der Waals surface area contributed by atoms with Crippen LogP contribution in [0.25, 0.3) is 0 Å². The molecule has 17 heavy (non-hydrogen) atoms. The van der Waals surface area contributed by atoms with E-state index in [1.807, 2.05) is 24.3 Å². The summed E-state index contributed by atoms with van der Waals surface area (Å²) in [4.78, 5) is 1.42. The number of nitrogens with zero attached hydrogens (tertiary/aromatic N) is 4. The number of halogens is 1. The number of aliphatic hydroxyl groups is 1. The Morgan fingerprint density at radius 3 is 2.88 bits per heavy atom. The molecule has 0 spiro atoms. The van der Waals surface area contributed by atoms with Crippen LogP contribution in [0.15, 0.2) is 28.7 Å². The van der Waals surface area contributed by atoms with Crippen molar-refractivity contribution in [3.05, 3.63) is 40.1 Å². The van der Waals surface area contributed by atoms with E-state index in [9.17, 15) is 5.11 Å². The fourth-order valence-electron chi connectivity index (χ4n) is 1.67. The van der Waals surface area contributed by atoms with Gasteiger partial charge in [0.25, 0.3) is 0 Å². The Hall–Kier alpha value is -1.27. The van der Waals surface area contributed by atoms with Gasteiger partial charge in [-0.3, -0.25) is 0 Å². The molecule has 0 amide bonds. The van der Waals surface area contributed by atoms with Crippen molar-refractivity contribution in [2.75, 3.05) is 6.61 Å². The van der Waals surface area contributed by atoms with Crippen LogP contribution in [0.1, 0.15) is 17.3 Å². The Morgan fingerprint density at radius 2 is 2.29 bits per heavy atom. The second kappa shape index (κ2) is 5.37. The van der Waals surface area contributed by atoms with Crippen molar-refractivity contribution < 1.29 is 5.11 Å². The van der Waals surface area contributed by atoms with Crippen molar-refractivity contribution in [2.45, 2.75) is 12.3 Å². The van der Waals surface area contributed by atoms with E-state index in [1.165, 1.54) is 4.80 Å². The van der Waals surface area contributed by atoms with Crippen LogP contribution < -0.4 is 0 Å². The summed E-state index contributed by atoms with van der Waals surface area (Å²) in [5.74, 6) is 0.642. The maximum atomic E-state index is 9.44. The number of hydrogen-bond acceptors (Lipinski definition) is 4. The smallest absolute Gasteiger partial charge is 0.175 e. The molecule has 0 aliphatic carbocycles. The number of benzene rings is 1. The van der Waals surface area contributed by atoms with Crippen molar-refractivity contribution in [3.8, 4) is 0 Å². The normalized spacial score (nSPS) is 12.6. The zero-order chi connectivity index (χ0) is 12.3. The van der Waals surface area contributed by atoms with Crippen LogP contribution in [-0.2, 0) is 13.5 Å². The van der Waals surface area contributed by atoms with Crippen LogP contribution in [0.2, 0.25) is 0 Å². The molecule has 0 aliphatic heterocycles. The highest BCUT2D eigenvalue weighted by atomic mass is 79.9. The van der Waals surface area contributed by atoms with E-state index in [1.54, 1.807) is 7.05 Å². The first kappa shape index (κ1) is 12.2. The second-order valence-electron chi connectivity index (χ2n) is 3.83. The minimum absolute atomic E-state index is 0.00306. The van der Waals surface area contributed by atoms with Crippen molar-refractivity contribution in [2.24, 2.45) is 7.05 Å². The van der Waals surface area contributed by atoms with Gasteiger partial charge in [0.1, 0.15) is 0 Å². The average Bonchev–Trinajstić information content (AvgIpc) is 2.72. The van der Waals surface area contributed by atoms with Gasteiger partial charge in [-0.05, 0) is 22.9 Å². The molecule has 1 heterocycles.